The zero-order valence-electron chi connectivity index (χ0n) is 18.3. The zero-order valence-corrected chi connectivity index (χ0v) is 18.3. The van der Waals surface area contributed by atoms with Gasteiger partial charge in [0.05, 0.1) is 39.5 Å². The Hall–Kier alpha value is -3.26. The van der Waals surface area contributed by atoms with Gasteiger partial charge in [-0.25, -0.2) is 4.79 Å². The van der Waals surface area contributed by atoms with Gasteiger partial charge in [0.2, 0.25) is 5.91 Å². The number of hydrogen-bond acceptors (Lipinski definition) is 6. The maximum atomic E-state index is 12.6. The molecule has 8 heteroatoms. The Bertz CT molecular complexity index is 808. The molecule has 0 aromatic heterocycles. The summed E-state index contributed by atoms with van der Waals surface area (Å²) in [4.78, 5) is 26.4. The van der Waals surface area contributed by atoms with Crippen molar-refractivity contribution in [2.24, 2.45) is 0 Å². The second-order valence-electron chi connectivity index (χ2n) is 6.75. The molecule has 31 heavy (non-hydrogen) atoms. The molecule has 168 valence electrons. The van der Waals surface area contributed by atoms with Gasteiger partial charge in [0.25, 0.3) is 0 Å². The molecule has 1 N–H and O–H groups in total. The van der Waals surface area contributed by atoms with Gasteiger partial charge in [-0.15, -0.1) is 0 Å². The van der Waals surface area contributed by atoms with Crippen molar-refractivity contribution in [1.82, 2.24) is 10.2 Å². The molecule has 8 nitrogen and oxygen atoms in total. The molecule has 0 aliphatic carbocycles. The van der Waals surface area contributed by atoms with Gasteiger partial charge in [-0.1, -0.05) is 12.1 Å². The number of nitrogens with one attached hydrogen (secondary N) is 1. The van der Waals surface area contributed by atoms with E-state index < -0.39 is 6.09 Å². The third kappa shape index (κ3) is 8.55. The molecule has 1 fully saturated rings. The Morgan fingerprint density at radius 2 is 1.87 bits per heavy atom. The first-order chi connectivity index (χ1) is 15.0. The normalized spacial score (nSPS) is 15.0. The third-order valence-corrected chi connectivity index (χ3v) is 4.53. The van der Waals surface area contributed by atoms with Crippen LogP contribution in [0.15, 0.2) is 54.0 Å². The maximum absolute atomic E-state index is 12.6. The van der Waals surface area contributed by atoms with Crippen LogP contribution in [0.1, 0.15) is 18.9 Å². The number of amides is 2. The van der Waals surface area contributed by atoms with Crippen molar-refractivity contribution in [1.29, 1.82) is 0 Å². The molecule has 2 rings (SSSR count). The van der Waals surface area contributed by atoms with E-state index in [9.17, 15) is 9.59 Å². The topological polar surface area (TPSA) is 86.3 Å². The number of nitrogens with zero attached hydrogens (tertiary/aromatic N) is 1. The SMILES string of the molecule is CO/C=C/C/C(=C\c1ccc(OC(=O)N2CCOCC2)cc1)C(=O)NC/C=C(\C)OC. The lowest BCUT2D eigenvalue weighted by Gasteiger charge is -2.25. The number of allylic oxidation sites excluding steroid dienone is 2. The van der Waals surface area contributed by atoms with Crippen LogP contribution in [0.4, 0.5) is 4.79 Å². The van der Waals surface area contributed by atoms with Gasteiger partial charge in [0.1, 0.15) is 5.75 Å². The van der Waals surface area contributed by atoms with Crippen molar-refractivity contribution in [3.8, 4) is 5.75 Å². The van der Waals surface area contributed by atoms with Crippen LogP contribution in [0.2, 0.25) is 0 Å². The van der Waals surface area contributed by atoms with Crippen LogP contribution < -0.4 is 10.1 Å². The maximum Gasteiger partial charge on any atom is 0.415 e. The highest BCUT2D eigenvalue weighted by atomic mass is 16.6. The summed E-state index contributed by atoms with van der Waals surface area (Å²) in [6, 6.07) is 7.00. The monoisotopic (exact) mass is 430 g/mol. The van der Waals surface area contributed by atoms with E-state index in [1.807, 2.05) is 6.92 Å². The number of hydrogen-bond donors (Lipinski definition) is 1. The average molecular weight is 431 g/mol. The molecule has 0 spiro atoms. The summed E-state index contributed by atoms with van der Waals surface area (Å²) in [7, 11) is 3.13. The molecule has 0 radical (unpaired) electrons. The van der Waals surface area contributed by atoms with Crippen LogP contribution in [0.25, 0.3) is 6.08 Å². The van der Waals surface area contributed by atoms with Crippen molar-refractivity contribution in [3.05, 3.63) is 59.6 Å². The van der Waals surface area contributed by atoms with Gasteiger partial charge >= 0.3 is 6.09 Å². The largest absolute Gasteiger partial charge is 0.505 e. The Morgan fingerprint density at radius 3 is 2.52 bits per heavy atom. The second kappa shape index (κ2) is 13.1. The van der Waals surface area contributed by atoms with Crippen LogP contribution in [-0.2, 0) is 19.0 Å². The molecule has 1 aliphatic rings. The summed E-state index contributed by atoms with van der Waals surface area (Å²) in [5.41, 5.74) is 1.38. The minimum absolute atomic E-state index is 0.191. The molecule has 0 bridgehead atoms. The Morgan fingerprint density at radius 1 is 1.16 bits per heavy atom. The van der Waals surface area contributed by atoms with E-state index in [2.05, 4.69) is 5.32 Å². The standard InChI is InChI=1S/C23H30N2O6/c1-18(29-3)10-11-24-22(26)20(5-4-14-28-2)17-19-6-8-21(9-7-19)31-23(27)25-12-15-30-16-13-25/h4,6-10,14,17H,5,11-13,15-16H2,1-3H3,(H,24,26)/b14-4+,18-10+,20-17+. The highest BCUT2D eigenvalue weighted by Crippen LogP contribution is 2.17. The fourth-order valence-electron chi connectivity index (χ4n) is 2.72. The molecular formula is C23H30N2O6. The summed E-state index contributed by atoms with van der Waals surface area (Å²) in [5.74, 6) is 0.982. The predicted molar refractivity (Wildman–Crippen MR) is 117 cm³/mol. The number of benzene rings is 1. The van der Waals surface area contributed by atoms with Gasteiger partial charge in [-0.2, -0.15) is 0 Å². The average Bonchev–Trinajstić information content (AvgIpc) is 2.80. The predicted octanol–water partition coefficient (Wildman–Crippen LogP) is 3.12. The van der Waals surface area contributed by atoms with Gasteiger partial charge in [-0.3, -0.25) is 4.79 Å². The number of morpholine rings is 1. The Balaban J connectivity index is 2.04. The zero-order chi connectivity index (χ0) is 22.5. The van der Waals surface area contributed by atoms with Crippen LogP contribution >= 0.6 is 0 Å². The van der Waals surface area contributed by atoms with E-state index in [0.29, 0.717) is 50.6 Å². The Kier molecular flexibility index (Phi) is 10.2. The number of ether oxygens (including phenoxy) is 4. The Labute approximate surface area is 183 Å². The number of carbonyl (C=O) groups is 2. The fourth-order valence-corrected chi connectivity index (χ4v) is 2.72. The second-order valence-corrected chi connectivity index (χ2v) is 6.75. The molecule has 2 amide bonds. The number of methoxy groups -OCH3 is 2. The number of rotatable bonds is 9. The van der Waals surface area contributed by atoms with Crippen molar-refractivity contribution in [2.45, 2.75) is 13.3 Å². The molecule has 1 aliphatic heterocycles. The summed E-state index contributed by atoms with van der Waals surface area (Å²) in [6.07, 6.45) is 6.88. The first-order valence-electron chi connectivity index (χ1n) is 10.1. The van der Waals surface area contributed by atoms with E-state index in [0.717, 1.165) is 11.3 Å². The first-order valence-corrected chi connectivity index (χ1v) is 10.1. The van der Waals surface area contributed by atoms with Crippen LogP contribution in [0.5, 0.6) is 5.75 Å². The van der Waals surface area contributed by atoms with Crippen LogP contribution in [0, 0.1) is 0 Å². The van der Waals surface area contributed by atoms with E-state index in [1.165, 1.54) is 6.26 Å². The molecule has 0 atom stereocenters. The molecule has 1 aromatic carbocycles. The van der Waals surface area contributed by atoms with Crippen molar-refractivity contribution in [3.63, 3.8) is 0 Å². The van der Waals surface area contributed by atoms with Crippen molar-refractivity contribution >= 4 is 18.1 Å². The lowest BCUT2D eigenvalue weighted by Crippen LogP contribution is -2.42. The molecule has 1 heterocycles. The van der Waals surface area contributed by atoms with Gasteiger partial charge in [-0.05, 0) is 49.3 Å². The number of carbonyl (C=O) groups excluding carboxylic acids is 2. The molecule has 1 aromatic rings. The van der Waals surface area contributed by atoms with Gasteiger partial charge in [0.15, 0.2) is 0 Å². The van der Waals surface area contributed by atoms with Gasteiger partial charge < -0.3 is 29.2 Å². The fraction of sp³-hybridized carbons (Fsp3) is 0.391. The summed E-state index contributed by atoms with van der Waals surface area (Å²) < 4.78 is 20.6. The highest BCUT2D eigenvalue weighted by Gasteiger charge is 2.18. The molecule has 1 saturated heterocycles. The molecule has 0 saturated carbocycles. The minimum Gasteiger partial charge on any atom is -0.505 e. The lowest BCUT2D eigenvalue weighted by molar-refractivity contribution is -0.117. The van der Waals surface area contributed by atoms with Crippen molar-refractivity contribution < 1.29 is 28.5 Å². The smallest absolute Gasteiger partial charge is 0.415 e. The molecule has 0 unspecified atom stereocenters. The molecular weight excluding hydrogens is 400 g/mol. The first kappa shape index (κ1) is 24.0. The van der Waals surface area contributed by atoms with Gasteiger partial charge in [0, 0.05) is 25.2 Å². The van der Waals surface area contributed by atoms with Crippen molar-refractivity contribution in [2.75, 3.05) is 47.1 Å². The summed E-state index contributed by atoms with van der Waals surface area (Å²) in [5, 5.41) is 2.85. The third-order valence-electron chi connectivity index (χ3n) is 4.53. The van der Waals surface area contributed by atoms with E-state index >= 15 is 0 Å². The quantitative estimate of drug-likeness (QED) is 0.479. The lowest BCUT2D eigenvalue weighted by atomic mass is 10.1. The highest BCUT2D eigenvalue weighted by molar-refractivity contribution is 5.98. The van der Waals surface area contributed by atoms with E-state index in [-0.39, 0.29) is 5.91 Å². The summed E-state index contributed by atoms with van der Waals surface area (Å²) >= 11 is 0. The minimum atomic E-state index is -0.393. The summed E-state index contributed by atoms with van der Waals surface area (Å²) in [6.45, 7) is 4.25. The van der Waals surface area contributed by atoms with E-state index in [1.54, 1.807) is 61.6 Å². The van der Waals surface area contributed by atoms with Crippen LogP contribution in [0.3, 0.4) is 0 Å². The van der Waals surface area contributed by atoms with E-state index in [4.69, 9.17) is 18.9 Å². The van der Waals surface area contributed by atoms with Crippen LogP contribution in [-0.4, -0.2) is 64.0 Å².